The summed E-state index contributed by atoms with van der Waals surface area (Å²) in [5.74, 6) is 1.80. The summed E-state index contributed by atoms with van der Waals surface area (Å²) in [6.07, 6.45) is 6.30. The predicted octanol–water partition coefficient (Wildman–Crippen LogP) is 2.96. The van der Waals surface area contributed by atoms with Crippen molar-refractivity contribution in [1.82, 2.24) is 15.5 Å². The van der Waals surface area contributed by atoms with Crippen LogP contribution in [0.5, 0.6) is 0 Å². The number of hydrogen-bond acceptors (Lipinski definition) is 5. The topological polar surface area (TPSA) is 71.3 Å². The molecule has 2 aliphatic rings. The first-order valence-corrected chi connectivity index (χ1v) is 11.9. The molecule has 2 aromatic rings. The van der Waals surface area contributed by atoms with Gasteiger partial charge < -0.3 is 24.5 Å². The lowest BCUT2D eigenvalue weighted by Gasteiger charge is -2.27. The zero-order chi connectivity index (χ0) is 21.8. The van der Waals surface area contributed by atoms with Crippen LogP contribution < -0.4 is 10.6 Å². The Morgan fingerprint density at radius 3 is 2.66 bits per heavy atom. The number of benzene rings is 1. The van der Waals surface area contributed by atoms with Crippen molar-refractivity contribution in [3.8, 4) is 0 Å². The first-order chi connectivity index (χ1) is 15.9. The molecule has 7 nitrogen and oxygen atoms in total. The monoisotopic (exact) mass is 440 g/mol. The van der Waals surface area contributed by atoms with Gasteiger partial charge in [0.15, 0.2) is 5.96 Å². The van der Waals surface area contributed by atoms with E-state index in [9.17, 15) is 0 Å². The molecule has 1 atom stereocenters. The Balaban J connectivity index is 1.36. The fourth-order valence-corrected chi connectivity index (χ4v) is 4.14. The molecule has 1 aromatic carbocycles. The highest BCUT2D eigenvalue weighted by molar-refractivity contribution is 5.79. The van der Waals surface area contributed by atoms with E-state index >= 15 is 0 Å². The number of nitrogens with one attached hydrogen (secondary N) is 2. The van der Waals surface area contributed by atoms with Crippen LogP contribution in [0.3, 0.4) is 0 Å². The van der Waals surface area contributed by atoms with Crippen molar-refractivity contribution in [3.63, 3.8) is 0 Å². The van der Waals surface area contributed by atoms with E-state index in [1.807, 2.05) is 12.1 Å². The SMILES string of the molecule is c1coc(CCNC(=NCc2ccccc2CN2CCOCC2)NCC2CCCCO2)c1. The summed E-state index contributed by atoms with van der Waals surface area (Å²) < 4.78 is 16.8. The van der Waals surface area contributed by atoms with E-state index in [1.165, 1.54) is 24.0 Å². The van der Waals surface area contributed by atoms with E-state index in [2.05, 4.69) is 39.8 Å². The third-order valence-corrected chi connectivity index (χ3v) is 6.04. The van der Waals surface area contributed by atoms with Crippen LogP contribution in [0.15, 0.2) is 52.1 Å². The zero-order valence-corrected chi connectivity index (χ0v) is 18.9. The van der Waals surface area contributed by atoms with Gasteiger partial charge in [0.25, 0.3) is 0 Å². The Labute approximate surface area is 191 Å². The van der Waals surface area contributed by atoms with Gasteiger partial charge >= 0.3 is 0 Å². The number of hydrogen-bond donors (Lipinski definition) is 2. The molecular formula is C25H36N4O3. The summed E-state index contributed by atoms with van der Waals surface area (Å²) in [7, 11) is 0. The minimum atomic E-state index is 0.259. The second-order valence-corrected chi connectivity index (χ2v) is 8.45. The summed E-state index contributed by atoms with van der Waals surface area (Å²) in [4.78, 5) is 7.37. The molecular weight excluding hydrogens is 404 g/mol. The van der Waals surface area contributed by atoms with Crippen molar-refractivity contribution in [2.45, 2.75) is 44.9 Å². The average molecular weight is 441 g/mol. The van der Waals surface area contributed by atoms with Crippen LogP contribution in [0.4, 0.5) is 0 Å². The van der Waals surface area contributed by atoms with E-state index < -0.39 is 0 Å². The van der Waals surface area contributed by atoms with Crippen molar-refractivity contribution >= 4 is 5.96 Å². The van der Waals surface area contributed by atoms with Crippen molar-refractivity contribution in [2.24, 2.45) is 4.99 Å². The summed E-state index contributed by atoms with van der Waals surface area (Å²) >= 11 is 0. The lowest BCUT2D eigenvalue weighted by Crippen LogP contribution is -2.43. The largest absolute Gasteiger partial charge is 0.469 e. The molecule has 1 unspecified atom stereocenters. The third kappa shape index (κ3) is 7.36. The van der Waals surface area contributed by atoms with Gasteiger partial charge in [-0.3, -0.25) is 4.90 Å². The number of morpholine rings is 1. The summed E-state index contributed by atoms with van der Waals surface area (Å²) in [6, 6.07) is 12.5. The van der Waals surface area contributed by atoms with Gasteiger partial charge in [0.1, 0.15) is 5.76 Å². The average Bonchev–Trinajstić information content (AvgIpc) is 3.36. The van der Waals surface area contributed by atoms with Crippen LogP contribution in [-0.4, -0.2) is 63.0 Å². The molecule has 0 bridgehead atoms. The molecule has 0 radical (unpaired) electrons. The minimum absolute atomic E-state index is 0.259. The Kier molecular flexibility index (Phi) is 9.01. The van der Waals surface area contributed by atoms with Crippen molar-refractivity contribution in [2.75, 3.05) is 46.0 Å². The number of nitrogens with zero attached hydrogens (tertiary/aromatic N) is 2. The highest BCUT2D eigenvalue weighted by Crippen LogP contribution is 2.15. The van der Waals surface area contributed by atoms with Crippen molar-refractivity contribution in [3.05, 3.63) is 59.5 Å². The Morgan fingerprint density at radius 2 is 1.88 bits per heavy atom. The van der Waals surface area contributed by atoms with Crippen LogP contribution in [0.2, 0.25) is 0 Å². The van der Waals surface area contributed by atoms with Gasteiger partial charge in [-0.05, 0) is 42.5 Å². The van der Waals surface area contributed by atoms with Crippen LogP contribution >= 0.6 is 0 Å². The van der Waals surface area contributed by atoms with Crippen LogP contribution in [-0.2, 0) is 29.0 Å². The van der Waals surface area contributed by atoms with Gasteiger partial charge in [0.2, 0.25) is 0 Å². The Hall–Kier alpha value is -2.35. The molecule has 0 spiro atoms. The number of furan rings is 1. The first kappa shape index (κ1) is 22.8. The molecule has 32 heavy (non-hydrogen) atoms. The van der Waals surface area contributed by atoms with E-state index in [0.717, 1.165) is 77.1 Å². The molecule has 2 fully saturated rings. The maximum atomic E-state index is 5.88. The summed E-state index contributed by atoms with van der Waals surface area (Å²) in [6.45, 7) is 7.60. The number of rotatable bonds is 9. The van der Waals surface area contributed by atoms with Gasteiger partial charge in [-0.1, -0.05) is 24.3 Å². The lowest BCUT2D eigenvalue weighted by molar-refractivity contribution is 0.0194. The van der Waals surface area contributed by atoms with Gasteiger partial charge in [-0.25, -0.2) is 4.99 Å². The highest BCUT2D eigenvalue weighted by atomic mass is 16.5. The quantitative estimate of drug-likeness (QED) is 0.462. The smallest absolute Gasteiger partial charge is 0.191 e. The maximum absolute atomic E-state index is 5.88. The normalized spacial score (nSPS) is 20.2. The molecule has 7 heteroatoms. The van der Waals surface area contributed by atoms with Crippen LogP contribution in [0, 0.1) is 0 Å². The van der Waals surface area contributed by atoms with Crippen molar-refractivity contribution < 1.29 is 13.9 Å². The third-order valence-electron chi connectivity index (χ3n) is 6.04. The standard InChI is InChI=1S/C25H36N4O3/c1-2-7-22(20-29-12-16-30-17-13-29)21(6-1)18-27-25(26-11-10-23-9-5-15-31-23)28-19-24-8-3-4-14-32-24/h1-2,5-7,9,15,24H,3-4,8,10-14,16-20H2,(H2,26,27,28). The van der Waals surface area contributed by atoms with Crippen LogP contribution in [0.25, 0.3) is 0 Å². The molecule has 2 saturated heterocycles. The fraction of sp³-hybridized carbons (Fsp3) is 0.560. The van der Waals surface area contributed by atoms with Gasteiger partial charge in [0.05, 0.1) is 32.1 Å². The van der Waals surface area contributed by atoms with E-state index in [4.69, 9.17) is 18.9 Å². The molecule has 2 N–H and O–H groups in total. The molecule has 4 rings (SSSR count). The lowest BCUT2D eigenvalue weighted by atomic mass is 10.1. The molecule has 0 saturated carbocycles. The fourth-order valence-electron chi connectivity index (χ4n) is 4.14. The van der Waals surface area contributed by atoms with Gasteiger partial charge in [-0.2, -0.15) is 0 Å². The molecule has 2 aliphatic heterocycles. The number of ether oxygens (including phenoxy) is 2. The van der Waals surface area contributed by atoms with E-state index in [-0.39, 0.29) is 6.10 Å². The predicted molar refractivity (Wildman–Crippen MR) is 126 cm³/mol. The minimum Gasteiger partial charge on any atom is -0.469 e. The molecule has 0 amide bonds. The van der Waals surface area contributed by atoms with Gasteiger partial charge in [-0.15, -0.1) is 0 Å². The molecule has 174 valence electrons. The van der Waals surface area contributed by atoms with Crippen LogP contribution in [0.1, 0.15) is 36.1 Å². The Morgan fingerprint density at radius 1 is 1.00 bits per heavy atom. The molecule has 1 aromatic heterocycles. The van der Waals surface area contributed by atoms with E-state index in [1.54, 1.807) is 6.26 Å². The second-order valence-electron chi connectivity index (χ2n) is 8.45. The first-order valence-electron chi connectivity index (χ1n) is 11.9. The van der Waals surface area contributed by atoms with Crippen molar-refractivity contribution in [1.29, 1.82) is 0 Å². The zero-order valence-electron chi connectivity index (χ0n) is 18.9. The van der Waals surface area contributed by atoms with Gasteiger partial charge in [0, 0.05) is 45.8 Å². The number of guanidine groups is 1. The maximum Gasteiger partial charge on any atom is 0.191 e. The summed E-state index contributed by atoms with van der Waals surface area (Å²) in [5.41, 5.74) is 2.60. The Bertz CT molecular complexity index is 812. The molecule has 3 heterocycles. The molecule has 0 aliphatic carbocycles. The van der Waals surface area contributed by atoms with E-state index in [0.29, 0.717) is 6.54 Å². The summed E-state index contributed by atoms with van der Waals surface area (Å²) in [5, 5.41) is 6.96. The second kappa shape index (κ2) is 12.6. The highest BCUT2D eigenvalue weighted by Gasteiger charge is 2.15. The number of aliphatic imine (C=N–C) groups is 1.